The zero-order valence-electron chi connectivity index (χ0n) is 12.4. The van der Waals surface area contributed by atoms with Crippen LogP contribution in [0.5, 0.6) is 0 Å². The normalized spacial score (nSPS) is 11.7. The second-order valence-corrected chi connectivity index (χ2v) is 5.15. The molecule has 0 bridgehead atoms. The van der Waals surface area contributed by atoms with E-state index >= 15 is 0 Å². The second kappa shape index (κ2) is 7.78. The molecule has 0 aromatic heterocycles. The zero-order valence-corrected chi connectivity index (χ0v) is 12.4. The van der Waals surface area contributed by atoms with E-state index in [1.807, 2.05) is 0 Å². The lowest BCUT2D eigenvalue weighted by molar-refractivity contribution is -0.140. The SMILES string of the molecule is CCCc1ccc(C=C(COC(C)=O)C(C)C)cc1. The molecule has 0 unspecified atom stereocenters. The molecule has 2 heteroatoms. The second-order valence-electron chi connectivity index (χ2n) is 5.15. The van der Waals surface area contributed by atoms with Crippen LogP contribution in [0.4, 0.5) is 0 Å². The van der Waals surface area contributed by atoms with Crippen LogP contribution in [0.1, 0.15) is 45.2 Å². The van der Waals surface area contributed by atoms with Gasteiger partial charge in [-0.15, -0.1) is 0 Å². The highest BCUT2D eigenvalue weighted by molar-refractivity contribution is 5.66. The Bertz CT molecular complexity index is 427. The molecule has 0 saturated heterocycles. The number of aryl methyl sites for hydroxylation is 1. The number of hydrogen-bond acceptors (Lipinski definition) is 2. The molecule has 1 aromatic carbocycles. The molecule has 0 aliphatic heterocycles. The van der Waals surface area contributed by atoms with Gasteiger partial charge in [-0.25, -0.2) is 0 Å². The van der Waals surface area contributed by atoms with Crippen molar-refractivity contribution in [3.05, 3.63) is 41.0 Å². The molecule has 0 amide bonds. The molecule has 1 aromatic rings. The van der Waals surface area contributed by atoms with Crippen molar-refractivity contribution in [1.29, 1.82) is 0 Å². The van der Waals surface area contributed by atoms with Gasteiger partial charge in [0.1, 0.15) is 6.61 Å². The third kappa shape index (κ3) is 5.73. The van der Waals surface area contributed by atoms with Crippen LogP contribution in [0.15, 0.2) is 29.8 Å². The van der Waals surface area contributed by atoms with Gasteiger partial charge in [0.05, 0.1) is 0 Å². The average Bonchev–Trinajstić information content (AvgIpc) is 2.36. The van der Waals surface area contributed by atoms with Crippen molar-refractivity contribution in [3.8, 4) is 0 Å². The summed E-state index contributed by atoms with van der Waals surface area (Å²) < 4.78 is 5.09. The Morgan fingerprint density at radius 2 is 1.89 bits per heavy atom. The predicted octanol–water partition coefficient (Wildman–Crippen LogP) is 4.24. The van der Waals surface area contributed by atoms with E-state index in [-0.39, 0.29) is 5.97 Å². The molecule has 0 atom stereocenters. The molecule has 0 fully saturated rings. The lowest BCUT2D eigenvalue weighted by Crippen LogP contribution is -2.07. The topological polar surface area (TPSA) is 26.3 Å². The smallest absolute Gasteiger partial charge is 0.302 e. The van der Waals surface area contributed by atoms with E-state index in [2.05, 4.69) is 51.1 Å². The van der Waals surface area contributed by atoms with Crippen molar-refractivity contribution in [1.82, 2.24) is 0 Å². The van der Waals surface area contributed by atoms with Crippen LogP contribution in [0, 0.1) is 5.92 Å². The molecule has 0 aliphatic carbocycles. The van der Waals surface area contributed by atoms with Crippen molar-refractivity contribution >= 4 is 12.0 Å². The van der Waals surface area contributed by atoms with Gasteiger partial charge in [-0.05, 0) is 29.0 Å². The van der Waals surface area contributed by atoms with E-state index in [0.717, 1.165) is 17.6 Å². The van der Waals surface area contributed by atoms with E-state index in [1.165, 1.54) is 18.9 Å². The number of hydrogen-bond donors (Lipinski definition) is 0. The maximum atomic E-state index is 10.9. The van der Waals surface area contributed by atoms with Crippen molar-refractivity contribution < 1.29 is 9.53 Å². The number of ether oxygens (including phenoxy) is 1. The lowest BCUT2D eigenvalue weighted by atomic mass is 10.00. The number of carbonyl (C=O) groups is 1. The quantitative estimate of drug-likeness (QED) is 0.715. The van der Waals surface area contributed by atoms with Crippen molar-refractivity contribution in [2.24, 2.45) is 5.92 Å². The monoisotopic (exact) mass is 260 g/mol. The van der Waals surface area contributed by atoms with Crippen molar-refractivity contribution in [3.63, 3.8) is 0 Å². The molecule has 2 nitrogen and oxygen atoms in total. The van der Waals surface area contributed by atoms with Gasteiger partial charge in [-0.3, -0.25) is 4.79 Å². The average molecular weight is 260 g/mol. The van der Waals surface area contributed by atoms with Gasteiger partial charge in [-0.2, -0.15) is 0 Å². The highest BCUT2D eigenvalue weighted by Gasteiger charge is 2.05. The van der Waals surface area contributed by atoms with E-state index in [9.17, 15) is 4.79 Å². The van der Waals surface area contributed by atoms with Gasteiger partial charge >= 0.3 is 5.97 Å². The Kier molecular flexibility index (Phi) is 6.34. The van der Waals surface area contributed by atoms with E-state index < -0.39 is 0 Å². The fourth-order valence-corrected chi connectivity index (χ4v) is 1.84. The first-order chi connectivity index (χ1) is 9.02. The van der Waals surface area contributed by atoms with E-state index in [0.29, 0.717) is 12.5 Å². The molecule has 0 spiro atoms. The zero-order chi connectivity index (χ0) is 14.3. The minimum Gasteiger partial charge on any atom is -0.461 e. The van der Waals surface area contributed by atoms with Gasteiger partial charge in [-0.1, -0.05) is 57.5 Å². The molecule has 0 saturated carbocycles. The first-order valence-corrected chi connectivity index (χ1v) is 6.95. The summed E-state index contributed by atoms with van der Waals surface area (Å²) >= 11 is 0. The third-order valence-electron chi connectivity index (χ3n) is 3.05. The third-order valence-corrected chi connectivity index (χ3v) is 3.05. The maximum absolute atomic E-state index is 10.9. The summed E-state index contributed by atoms with van der Waals surface area (Å²) in [5.41, 5.74) is 3.67. The number of benzene rings is 1. The molecule has 0 heterocycles. The number of carbonyl (C=O) groups excluding carboxylic acids is 1. The Balaban J connectivity index is 2.79. The molecule has 104 valence electrons. The number of esters is 1. The summed E-state index contributed by atoms with van der Waals surface area (Å²) in [6.45, 7) is 8.23. The van der Waals surface area contributed by atoms with Gasteiger partial charge in [0.25, 0.3) is 0 Å². The summed E-state index contributed by atoms with van der Waals surface area (Å²) in [4.78, 5) is 10.9. The highest BCUT2D eigenvalue weighted by atomic mass is 16.5. The first kappa shape index (κ1) is 15.5. The Labute approximate surface area is 116 Å². The van der Waals surface area contributed by atoms with Gasteiger partial charge in [0.15, 0.2) is 0 Å². The molecule has 0 radical (unpaired) electrons. The fourth-order valence-electron chi connectivity index (χ4n) is 1.84. The van der Waals surface area contributed by atoms with Crippen LogP contribution >= 0.6 is 0 Å². The van der Waals surface area contributed by atoms with Crippen molar-refractivity contribution in [2.75, 3.05) is 6.61 Å². The summed E-state index contributed by atoms with van der Waals surface area (Å²) in [6, 6.07) is 8.58. The first-order valence-electron chi connectivity index (χ1n) is 6.95. The highest BCUT2D eigenvalue weighted by Crippen LogP contribution is 2.16. The van der Waals surface area contributed by atoms with Gasteiger partial charge < -0.3 is 4.74 Å². The summed E-state index contributed by atoms with van der Waals surface area (Å²) in [6.07, 6.45) is 4.40. The molecule has 0 N–H and O–H groups in total. The summed E-state index contributed by atoms with van der Waals surface area (Å²) in [5.74, 6) is 0.138. The van der Waals surface area contributed by atoms with Crippen LogP contribution in [0.2, 0.25) is 0 Å². The van der Waals surface area contributed by atoms with Crippen LogP contribution in [-0.4, -0.2) is 12.6 Å². The molecular weight excluding hydrogens is 236 g/mol. The standard InChI is InChI=1S/C17H24O2/c1-5-6-15-7-9-16(10-8-15)11-17(13(2)3)12-19-14(4)18/h7-11,13H,5-6,12H2,1-4H3. The Morgan fingerprint density at radius 3 is 2.37 bits per heavy atom. The summed E-state index contributed by atoms with van der Waals surface area (Å²) in [7, 11) is 0. The fraction of sp³-hybridized carbons (Fsp3) is 0.471. The van der Waals surface area contributed by atoms with Crippen LogP contribution < -0.4 is 0 Å². The minimum absolute atomic E-state index is 0.232. The molecular formula is C17H24O2. The van der Waals surface area contributed by atoms with Gasteiger partial charge in [0, 0.05) is 6.92 Å². The molecule has 19 heavy (non-hydrogen) atoms. The minimum atomic E-state index is -0.232. The Hall–Kier alpha value is -1.57. The summed E-state index contributed by atoms with van der Waals surface area (Å²) in [5, 5.41) is 0. The van der Waals surface area contributed by atoms with Crippen LogP contribution in [0.3, 0.4) is 0 Å². The largest absolute Gasteiger partial charge is 0.461 e. The maximum Gasteiger partial charge on any atom is 0.302 e. The van der Waals surface area contributed by atoms with Crippen LogP contribution in [-0.2, 0) is 16.0 Å². The van der Waals surface area contributed by atoms with Gasteiger partial charge in [0.2, 0.25) is 0 Å². The van der Waals surface area contributed by atoms with Crippen molar-refractivity contribution in [2.45, 2.75) is 40.5 Å². The number of rotatable bonds is 6. The van der Waals surface area contributed by atoms with E-state index in [1.54, 1.807) is 0 Å². The lowest BCUT2D eigenvalue weighted by Gasteiger charge is -2.11. The van der Waals surface area contributed by atoms with E-state index in [4.69, 9.17) is 4.74 Å². The van der Waals surface area contributed by atoms with Crippen LogP contribution in [0.25, 0.3) is 6.08 Å². The molecule has 0 aliphatic rings. The predicted molar refractivity (Wildman–Crippen MR) is 79.9 cm³/mol. The molecule has 1 rings (SSSR count). The Morgan fingerprint density at radius 1 is 1.26 bits per heavy atom.